The zero-order valence-corrected chi connectivity index (χ0v) is 11.4. The summed E-state index contributed by atoms with van der Waals surface area (Å²) in [6, 6.07) is 0. The Morgan fingerprint density at radius 2 is 2.24 bits per heavy atom. The zero-order chi connectivity index (χ0) is 11.6. The fourth-order valence-electron chi connectivity index (χ4n) is 2.58. The number of thiazole rings is 1. The van der Waals surface area contributed by atoms with E-state index in [4.69, 9.17) is 4.99 Å². The minimum absolute atomic E-state index is 0.538. The average Bonchev–Trinajstić information content (AvgIpc) is 3.01. The third kappa shape index (κ3) is 2.65. The molecule has 0 atom stereocenters. The monoisotopic (exact) mass is 267 g/mol. The number of thioether (sulfide) groups is 1. The second kappa shape index (κ2) is 4.98. The number of hydrogen-bond donors (Lipinski definition) is 1. The largest absolute Gasteiger partial charge is 0.359 e. The first-order valence-corrected chi connectivity index (χ1v) is 8.07. The second-order valence-electron chi connectivity index (χ2n) is 4.95. The summed E-state index contributed by atoms with van der Waals surface area (Å²) in [7, 11) is 0. The number of aliphatic imine (C=N–C) groups is 1. The summed E-state index contributed by atoms with van der Waals surface area (Å²) in [5, 5.41) is 6.58. The topological polar surface area (TPSA) is 37.3 Å². The first kappa shape index (κ1) is 11.5. The Morgan fingerprint density at radius 3 is 2.88 bits per heavy atom. The Bertz CT molecular complexity index is 394. The van der Waals surface area contributed by atoms with E-state index in [1.54, 1.807) is 11.3 Å². The predicted octanol–water partition coefficient (Wildman–Crippen LogP) is 2.90. The molecule has 0 unspecified atom stereocenters. The van der Waals surface area contributed by atoms with Crippen molar-refractivity contribution in [2.75, 3.05) is 12.3 Å². The fourth-order valence-corrected chi connectivity index (χ4v) is 4.29. The van der Waals surface area contributed by atoms with E-state index in [2.05, 4.69) is 15.7 Å². The van der Waals surface area contributed by atoms with Crippen molar-refractivity contribution in [3.63, 3.8) is 0 Å². The molecule has 2 aliphatic rings. The zero-order valence-electron chi connectivity index (χ0n) is 9.82. The van der Waals surface area contributed by atoms with Gasteiger partial charge in [0.15, 0.2) is 5.17 Å². The van der Waals surface area contributed by atoms with Gasteiger partial charge in [-0.25, -0.2) is 4.98 Å². The van der Waals surface area contributed by atoms with Crippen LogP contribution in [0.15, 0.2) is 15.9 Å². The molecule has 3 rings (SSSR count). The molecule has 1 fully saturated rings. The van der Waals surface area contributed by atoms with Gasteiger partial charge in [-0.1, -0.05) is 24.6 Å². The molecule has 1 aromatic rings. The van der Waals surface area contributed by atoms with Crippen LogP contribution in [0.4, 0.5) is 0 Å². The van der Waals surface area contributed by atoms with Crippen molar-refractivity contribution in [1.29, 1.82) is 0 Å². The van der Waals surface area contributed by atoms with Crippen LogP contribution in [0.5, 0.6) is 0 Å². The van der Waals surface area contributed by atoms with Crippen molar-refractivity contribution >= 4 is 28.3 Å². The van der Waals surface area contributed by atoms with Crippen molar-refractivity contribution in [1.82, 2.24) is 10.3 Å². The molecule has 0 bridgehead atoms. The van der Waals surface area contributed by atoms with Gasteiger partial charge in [-0.15, -0.1) is 11.3 Å². The molecule has 17 heavy (non-hydrogen) atoms. The number of rotatable bonds is 2. The lowest BCUT2D eigenvalue weighted by Gasteiger charge is -2.30. The molecule has 0 aromatic carbocycles. The number of nitrogens with zero attached hydrogens (tertiary/aromatic N) is 2. The molecule has 92 valence electrons. The first-order valence-electron chi connectivity index (χ1n) is 6.15. The molecule has 1 aliphatic carbocycles. The molecule has 1 aliphatic heterocycles. The third-order valence-corrected chi connectivity index (χ3v) is 5.58. The van der Waals surface area contributed by atoms with Crippen LogP contribution < -0.4 is 5.32 Å². The highest BCUT2D eigenvalue weighted by molar-refractivity contribution is 8.13. The highest BCUT2D eigenvalue weighted by Gasteiger charge is 2.36. The maximum absolute atomic E-state index is 4.71. The third-order valence-electron chi connectivity index (χ3n) is 3.64. The van der Waals surface area contributed by atoms with Crippen LogP contribution in [0, 0.1) is 5.41 Å². The van der Waals surface area contributed by atoms with Crippen LogP contribution >= 0.6 is 23.1 Å². The number of hydrogen-bond acceptors (Lipinski definition) is 5. The molecule has 2 heterocycles. The lowest BCUT2D eigenvalue weighted by Crippen LogP contribution is -2.33. The van der Waals surface area contributed by atoms with Gasteiger partial charge in [0, 0.05) is 17.7 Å². The molecule has 3 nitrogen and oxygen atoms in total. The molecule has 0 amide bonds. The molecule has 1 spiro atoms. The van der Waals surface area contributed by atoms with Gasteiger partial charge >= 0.3 is 0 Å². The van der Waals surface area contributed by atoms with Gasteiger partial charge < -0.3 is 5.32 Å². The second-order valence-corrected chi connectivity index (χ2v) is 6.63. The van der Waals surface area contributed by atoms with E-state index in [0.717, 1.165) is 24.0 Å². The SMILES string of the molecule is c1nc(CNC2=NCC3(CCCC3)CS2)cs1. The van der Waals surface area contributed by atoms with Gasteiger partial charge in [0.2, 0.25) is 0 Å². The Hall–Kier alpha value is -0.550. The minimum atomic E-state index is 0.538. The summed E-state index contributed by atoms with van der Waals surface area (Å²) >= 11 is 3.54. The molecule has 0 radical (unpaired) electrons. The molecule has 1 N–H and O–H groups in total. The number of amidine groups is 1. The van der Waals surface area contributed by atoms with Crippen molar-refractivity contribution in [3.8, 4) is 0 Å². The Kier molecular flexibility index (Phi) is 3.38. The van der Waals surface area contributed by atoms with E-state index in [0.29, 0.717) is 5.41 Å². The Morgan fingerprint density at radius 1 is 1.35 bits per heavy atom. The van der Waals surface area contributed by atoms with E-state index in [1.807, 2.05) is 17.3 Å². The van der Waals surface area contributed by atoms with E-state index < -0.39 is 0 Å². The number of aromatic nitrogens is 1. The van der Waals surface area contributed by atoms with E-state index in [1.165, 1.54) is 31.4 Å². The van der Waals surface area contributed by atoms with Gasteiger partial charge in [0.25, 0.3) is 0 Å². The van der Waals surface area contributed by atoms with E-state index in [-0.39, 0.29) is 0 Å². The van der Waals surface area contributed by atoms with Gasteiger partial charge in [0.05, 0.1) is 17.7 Å². The molecule has 1 aromatic heterocycles. The Balaban J connectivity index is 1.54. The summed E-state index contributed by atoms with van der Waals surface area (Å²) in [4.78, 5) is 8.97. The predicted molar refractivity (Wildman–Crippen MR) is 74.6 cm³/mol. The molecule has 1 saturated carbocycles. The average molecular weight is 267 g/mol. The summed E-state index contributed by atoms with van der Waals surface area (Å²) in [6.07, 6.45) is 5.56. The fraction of sp³-hybridized carbons (Fsp3) is 0.667. The summed E-state index contributed by atoms with van der Waals surface area (Å²) < 4.78 is 0. The van der Waals surface area contributed by atoms with Crippen LogP contribution in [0.3, 0.4) is 0 Å². The van der Waals surface area contributed by atoms with Gasteiger partial charge in [0.1, 0.15) is 0 Å². The number of nitrogens with one attached hydrogen (secondary N) is 1. The van der Waals surface area contributed by atoms with Crippen LogP contribution in [-0.2, 0) is 6.54 Å². The van der Waals surface area contributed by atoms with Crippen molar-refractivity contribution in [2.24, 2.45) is 10.4 Å². The van der Waals surface area contributed by atoms with Crippen molar-refractivity contribution < 1.29 is 0 Å². The van der Waals surface area contributed by atoms with Gasteiger partial charge in [-0.05, 0) is 18.3 Å². The molecular weight excluding hydrogens is 250 g/mol. The molecule has 0 saturated heterocycles. The highest BCUT2D eigenvalue weighted by Crippen LogP contribution is 2.43. The smallest absolute Gasteiger partial charge is 0.156 e. The van der Waals surface area contributed by atoms with Crippen LogP contribution in [0.2, 0.25) is 0 Å². The van der Waals surface area contributed by atoms with Gasteiger partial charge in [-0.3, -0.25) is 4.99 Å². The lowest BCUT2D eigenvalue weighted by atomic mass is 9.89. The first-order chi connectivity index (χ1) is 8.36. The van der Waals surface area contributed by atoms with Crippen LogP contribution in [-0.4, -0.2) is 22.4 Å². The maximum Gasteiger partial charge on any atom is 0.156 e. The Labute approximate surface area is 110 Å². The van der Waals surface area contributed by atoms with Crippen LogP contribution in [0.25, 0.3) is 0 Å². The van der Waals surface area contributed by atoms with E-state index in [9.17, 15) is 0 Å². The minimum Gasteiger partial charge on any atom is -0.359 e. The highest BCUT2D eigenvalue weighted by atomic mass is 32.2. The molecule has 5 heteroatoms. The summed E-state index contributed by atoms with van der Waals surface area (Å²) in [5.41, 5.74) is 3.52. The quantitative estimate of drug-likeness (QED) is 0.895. The maximum atomic E-state index is 4.71. The van der Waals surface area contributed by atoms with E-state index >= 15 is 0 Å². The van der Waals surface area contributed by atoms with Gasteiger partial charge in [-0.2, -0.15) is 0 Å². The van der Waals surface area contributed by atoms with Crippen molar-refractivity contribution in [3.05, 3.63) is 16.6 Å². The van der Waals surface area contributed by atoms with Crippen molar-refractivity contribution in [2.45, 2.75) is 32.2 Å². The summed E-state index contributed by atoms with van der Waals surface area (Å²) in [6.45, 7) is 1.84. The lowest BCUT2D eigenvalue weighted by molar-refractivity contribution is 0.358. The summed E-state index contributed by atoms with van der Waals surface area (Å²) in [5.74, 6) is 1.25. The molecular formula is C12H17N3S2. The van der Waals surface area contributed by atoms with Crippen LogP contribution in [0.1, 0.15) is 31.4 Å². The normalized spacial score (nSPS) is 22.7. The standard InChI is InChI=1S/C12H17N3S2/c1-2-4-12(3-1)7-14-11(17-8-12)13-5-10-6-16-9-15-10/h6,9H,1-5,7-8H2,(H,13,14).